The minimum Gasteiger partial charge on any atom is -0.493 e. The molecule has 2 aromatic carbocycles. The summed E-state index contributed by atoms with van der Waals surface area (Å²) in [5, 5.41) is 6.11. The van der Waals surface area contributed by atoms with E-state index in [1.165, 1.54) is 16.3 Å². The molecule has 1 N–H and O–H groups in total. The number of hydrogen-bond donors (Lipinski definition) is 1. The zero-order chi connectivity index (χ0) is 27.8. The summed E-state index contributed by atoms with van der Waals surface area (Å²) in [6.07, 6.45) is 3.33. The maximum Gasteiger partial charge on any atom is 0.203 e. The molecule has 218 valence electrons. The quantitative estimate of drug-likeness (QED) is 0.157. The fourth-order valence-corrected chi connectivity index (χ4v) is 5.37. The van der Waals surface area contributed by atoms with Gasteiger partial charge in [0.1, 0.15) is 0 Å². The highest BCUT2D eigenvalue weighted by atomic mass is 35.5. The molecule has 0 aliphatic rings. The van der Waals surface area contributed by atoms with Crippen LogP contribution in [0.1, 0.15) is 45.7 Å². The van der Waals surface area contributed by atoms with Crippen molar-refractivity contribution in [2.75, 3.05) is 47.5 Å². The van der Waals surface area contributed by atoms with E-state index in [1.54, 1.807) is 21.3 Å². The summed E-state index contributed by atoms with van der Waals surface area (Å²) in [6, 6.07) is 15.0. The summed E-state index contributed by atoms with van der Waals surface area (Å²) in [5.74, 6) is 1.83. The van der Waals surface area contributed by atoms with Crippen molar-refractivity contribution in [3.63, 3.8) is 0 Å². The Morgan fingerprint density at radius 2 is 1.57 bits per heavy atom. The minimum atomic E-state index is 0. The lowest BCUT2D eigenvalue weighted by molar-refractivity contribution is 0.298. The number of para-hydroxylation sites is 1. The van der Waals surface area contributed by atoms with Crippen molar-refractivity contribution in [3.05, 3.63) is 48.2 Å². The Kier molecular flexibility index (Phi) is 11.9. The van der Waals surface area contributed by atoms with E-state index in [9.17, 15) is 0 Å². The summed E-state index contributed by atoms with van der Waals surface area (Å²) < 4.78 is 19.5. The van der Waals surface area contributed by atoms with Gasteiger partial charge in [-0.25, -0.2) is 4.98 Å². The molecule has 0 unspecified atom stereocenters. The van der Waals surface area contributed by atoms with Crippen molar-refractivity contribution in [1.29, 1.82) is 0 Å². The molecule has 2 heterocycles. The molecule has 2 aromatic heterocycles. The number of nitrogens with zero attached hydrogens (tertiary/aromatic N) is 3. The van der Waals surface area contributed by atoms with Crippen LogP contribution >= 0.6 is 12.4 Å². The van der Waals surface area contributed by atoms with E-state index in [0.29, 0.717) is 23.8 Å². The molecule has 0 aliphatic carbocycles. The van der Waals surface area contributed by atoms with Crippen molar-refractivity contribution in [2.45, 2.75) is 53.1 Å². The molecule has 0 saturated carbocycles. The SMILES string of the molecule is CCCCn1c2ccccc2c2cc(CNCCCN(CC)CC)nc(-c3cc(OC)c(OC)c(OC)c3)c21.Cl. The first-order chi connectivity index (χ1) is 19.1. The van der Waals surface area contributed by atoms with E-state index in [-0.39, 0.29) is 12.4 Å². The third kappa shape index (κ3) is 6.65. The summed E-state index contributed by atoms with van der Waals surface area (Å²) in [5.41, 5.74) is 5.27. The lowest BCUT2D eigenvalue weighted by Crippen LogP contribution is -2.27. The number of fused-ring (bicyclic) bond motifs is 3. The molecule has 0 fully saturated rings. The van der Waals surface area contributed by atoms with E-state index in [4.69, 9.17) is 19.2 Å². The van der Waals surface area contributed by atoms with Crippen LogP contribution in [0, 0.1) is 0 Å². The largest absolute Gasteiger partial charge is 0.493 e. The number of methoxy groups -OCH3 is 3. The topological polar surface area (TPSA) is 60.8 Å². The second kappa shape index (κ2) is 15.1. The van der Waals surface area contributed by atoms with Gasteiger partial charge in [-0.2, -0.15) is 0 Å². The molecule has 0 saturated heterocycles. The number of aromatic nitrogens is 2. The van der Waals surface area contributed by atoms with Gasteiger partial charge in [0, 0.05) is 34.9 Å². The highest BCUT2D eigenvalue weighted by Crippen LogP contribution is 2.43. The molecule has 0 spiro atoms. The Morgan fingerprint density at radius 1 is 0.875 bits per heavy atom. The normalized spacial score (nSPS) is 11.3. The van der Waals surface area contributed by atoms with E-state index in [0.717, 1.165) is 74.5 Å². The lowest BCUT2D eigenvalue weighted by atomic mass is 10.0. The predicted molar refractivity (Wildman–Crippen MR) is 169 cm³/mol. The van der Waals surface area contributed by atoms with Gasteiger partial charge in [-0.3, -0.25) is 0 Å². The number of rotatable bonds is 15. The first-order valence-corrected chi connectivity index (χ1v) is 14.2. The molecule has 7 nitrogen and oxygen atoms in total. The maximum atomic E-state index is 5.71. The Labute approximate surface area is 245 Å². The highest BCUT2D eigenvalue weighted by molar-refractivity contribution is 6.12. The van der Waals surface area contributed by atoms with Crippen molar-refractivity contribution >= 4 is 34.2 Å². The van der Waals surface area contributed by atoms with Gasteiger partial charge in [0.25, 0.3) is 0 Å². The molecule has 0 radical (unpaired) electrons. The fraction of sp³-hybridized carbons (Fsp3) is 0.469. The van der Waals surface area contributed by atoms with Crippen LogP contribution in [0.4, 0.5) is 0 Å². The van der Waals surface area contributed by atoms with Gasteiger partial charge >= 0.3 is 0 Å². The molecule has 0 aliphatic heterocycles. The number of aryl methyl sites for hydroxylation is 1. The Hall–Kier alpha value is -3.00. The number of ether oxygens (including phenoxy) is 3. The molecule has 0 atom stereocenters. The second-order valence-electron chi connectivity index (χ2n) is 9.85. The maximum absolute atomic E-state index is 5.71. The van der Waals surface area contributed by atoms with Crippen LogP contribution in [0.15, 0.2) is 42.5 Å². The van der Waals surface area contributed by atoms with Crippen molar-refractivity contribution in [2.24, 2.45) is 0 Å². The zero-order valence-corrected chi connectivity index (χ0v) is 25.7. The van der Waals surface area contributed by atoms with E-state index in [2.05, 4.69) is 65.9 Å². The van der Waals surface area contributed by atoms with Gasteiger partial charge < -0.3 is 29.0 Å². The third-order valence-electron chi connectivity index (χ3n) is 7.50. The van der Waals surface area contributed by atoms with Crippen LogP contribution in [0.5, 0.6) is 17.2 Å². The molecule has 4 aromatic rings. The first kappa shape index (κ1) is 31.5. The van der Waals surface area contributed by atoms with Crippen LogP contribution in [0.25, 0.3) is 33.1 Å². The number of benzene rings is 2. The first-order valence-electron chi connectivity index (χ1n) is 14.2. The van der Waals surface area contributed by atoms with E-state index >= 15 is 0 Å². The van der Waals surface area contributed by atoms with E-state index < -0.39 is 0 Å². The number of hydrogen-bond acceptors (Lipinski definition) is 6. The predicted octanol–water partition coefficient (Wildman–Crippen LogP) is 6.93. The number of halogens is 1. The Bertz CT molecular complexity index is 1360. The smallest absolute Gasteiger partial charge is 0.203 e. The second-order valence-corrected chi connectivity index (χ2v) is 9.85. The van der Waals surface area contributed by atoms with Crippen LogP contribution < -0.4 is 19.5 Å². The molecular formula is C32H45ClN4O3. The van der Waals surface area contributed by atoms with Gasteiger partial charge in [0.05, 0.1) is 38.2 Å². The standard InChI is InChI=1S/C32H44N4O3.ClH/c1-7-10-18-36-27-15-12-11-14-25(27)26-21-24(22-33-16-13-17-35(8-2)9-3)34-30(31(26)36)23-19-28(37-4)32(39-6)29(20-23)38-5;/h11-12,14-15,19-21,33H,7-10,13,16-18,22H2,1-6H3;1H. The highest BCUT2D eigenvalue weighted by Gasteiger charge is 2.21. The van der Waals surface area contributed by atoms with Gasteiger partial charge in [-0.1, -0.05) is 45.4 Å². The van der Waals surface area contributed by atoms with Crippen LogP contribution in [0.3, 0.4) is 0 Å². The fourth-order valence-electron chi connectivity index (χ4n) is 5.37. The van der Waals surface area contributed by atoms with Gasteiger partial charge in [-0.05, 0) is 63.3 Å². The van der Waals surface area contributed by atoms with E-state index in [1.807, 2.05) is 12.1 Å². The molecular weight excluding hydrogens is 524 g/mol. The average molecular weight is 569 g/mol. The molecule has 0 bridgehead atoms. The third-order valence-corrected chi connectivity index (χ3v) is 7.50. The Balaban J connectivity index is 0.00000441. The zero-order valence-electron chi connectivity index (χ0n) is 24.9. The summed E-state index contributed by atoms with van der Waals surface area (Å²) in [6.45, 7) is 12.6. The van der Waals surface area contributed by atoms with Gasteiger partial charge in [0.2, 0.25) is 5.75 Å². The average Bonchev–Trinajstić information content (AvgIpc) is 3.30. The molecule has 8 heteroatoms. The van der Waals surface area contributed by atoms with Crippen molar-refractivity contribution in [3.8, 4) is 28.5 Å². The Morgan fingerprint density at radius 3 is 2.20 bits per heavy atom. The van der Waals surface area contributed by atoms with Crippen LogP contribution in [-0.4, -0.2) is 62.0 Å². The summed E-state index contributed by atoms with van der Waals surface area (Å²) in [7, 11) is 4.94. The van der Waals surface area contributed by atoms with Gasteiger partial charge in [0.15, 0.2) is 11.5 Å². The van der Waals surface area contributed by atoms with Crippen molar-refractivity contribution in [1.82, 2.24) is 19.8 Å². The minimum absolute atomic E-state index is 0. The number of unbranched alkanes of at least 4 members (excludes halogenated alkanes) is 1. The number of nitrogens with one attached hydrogen (secondary N) is 1. The molecule has 0 amide bonds. The number of pyridine rings is 1. The monoisotopic (exact) mass is 568 g/mol. The molecule has 4 rings (SSSR count). The van der Waals surface area contributed by atoms with Gasteiger partial charge in [-0.15, -0.1) is 12.4 Å². The summed E-state index contributed by atoms with van der Waals surface area (Å²) >= 11 is 0. The lowest BCUT2D eigenvalue weighted by Gasteiger charge is -2.18. The van der Waals surface area contributed by atoms with Crippen LogP contribution in [0.2, 0.25) is 0 Å². The van der Waals surface area contributed by atoms with Crippen molar-refractivity contribution < 1.29 is 14.2 Å². The molecule has 40 heavy (non-hydrogen) atoms. The summed E-state index contributed by atoms with van der Waals surface area (Å²) in [4.78, 5) is 7.72. The van der Waals surface area contributed by atoms with Crippen LogP contribution in [-0.2, 0) is 13.1 Å².